The molecular weight excluding hydrogens is 478 g/mol. The van der Waals surface area contributed by atoms with Crippen molar-refractivity contribution in [2.45, 2.75) is 65.5 Å². The van der Waals surface area contributed by atoms with Crippen LogP contribution in [0, 0.1) is 0 Å². The fourth-order valence-electron chi connectivity index (χ4n) is 4.04. The molecule has 1 N–H and O–H groups in total. The van der Waals surface area contributed by atoms with Gasteiger partial charge >= 0.3 is 6.09 Å². The number of anilines is 2. The van der Waals surface area contributed by atoms with Crippen molar-refractivity contribution in [3.8, 4) is 0 Å². The van der Waals surface area contributed by atoms with E-state index in [1.54, 1.807) is 4.90 Å². The van der Waals surface area contributed by atoms with Crippen molar-refractivity contribution in [2.75, 3.05) is 25.1 Å². The van der Waals surface area contributed by atoms with E-state index in [0.29, 0.717) is 50.5 Å². The number of aromatic nitrogens is 3. The second-order valence-corrected chi connectivity index (χ2v) is 11.1. The van der Waals surface area contributed by atoms with Crippen molar-refractivity contribution in [1.29, 1.82) is 0 Å². The van der Waals surface area contributed by atoms with Crippen molar-refractivity contribution in [2.24, 2.45) is 7.05 Å². The molecule has 1 aliphatic rings. The van der Waals surface area contributed by atoms with Crippen LogP contribution in [0.15, 0.2) is 18.2 Å². The number of fused-ring (bicyclic) bond motifs is 2. The fraction of sp³-hybridized carbons (Fsp3) is 0.538. The van der Waals surface area contributed by atoms with E-state index in [4.69, 9.17) is 19.4 Å². The summed E-state index contributed by atoms with van der Waals surface area (Å²) in [5, 5.41) is 4.06. The maximum absolute atomic E-state index is 12.6. The van der Waals surface area contributed by atoms with E-state index in [0.717, 1.165) is 39.8 Å². The number of nitrogens with zero attached hydrogens (tertiary/aromatic N) is 4. The lowest BCUT2D eigenvalue weighted by molar-refractivity contribution is 0.0225. The average Bonchev–Trinajstić information content (AvgIpc) is 3.37. The first-order valence-electron chi connectivity index (χ1n) is 12.5. The van der Waals surface area contributed by atoms with Gasteiger partial charge in [-0.2, -0.15) is 0 Å². The molecule has 1 aromatic carbocycles. The minimum absolute atomic E-state index is 0.0966. The number of benzene rings is 1. The number of thiazole rings is 1. The number of hydrogen-bond donors (Lipinski definition) is 1. The molecule has 194 valence electrons. The van der Waals surface area contributed by atoms with E-state index in [1.165, 1.54) is 11.3 Å². The van der Waals surface area contributed by atoms with Crippen LogP contribution in [0.5, 0.6) is 0 Å². The fourth-order valence-corrected chi connectivity index (χ4v) is 5.05. The van der Waals surface area contributed by atoms with Crippen molar-refractivity contribution in [1.82, 2.24) is 19.4 Å². The molecule has 0 unspecified atom stereocenters. The molecule has 0 aliphatic carbocycles. The van der Waals surface area contributed by atoms with Gasteiger partial charge in [0.05, 0.1) is 23.3 Å². The van der Waals surface area contributed by atoms with Crippen LogP contribution in [0.4, 0.5) is 15.9 Å². The van der Waals surface area contributed by atoms with Gasteiger partial charge in [0, 0.05) is 50.1 Å². The summed E-state index contributed by atoms with van der Waals surface area (Å²) in [5.41, 5.74) is 2.82. The lowest BCUT2D eigenvalue weighted by Gasteiger charge is -2.29. The van der Waals surface area contributed by atoms with Gasteiger partial charge in [0.25, 0.3) is 0 Å². The standard InChI is InChI=1S/C26H35N5O4S/c1-6-13-34-14-7-8-21(32)17-9-10-20-19(15-17)27-23(30(20)5)29-24-28-18-11-12-31(16-22(18)36-24)25(33)35-26(2,3)4/h9-10,15H,6-8,11-14,16H2,1-5H3,(H,27,28,29). The highest BCUT2D eigenvalue weighted by Gasteiger charge is 2.28. The number of aryl methyl sites for hydroxylation is 1. The molecule has 0 bridgehead atoms. The SMILES string of the molecule is CCCOCCCC(=O)c1ccc2c(c1)nc(Nc1nc3c(s1)CN(C(=O)OC(C)(C)C)CC3)n2C. The van der Waals surface area contributed by atoms with Crippen molar-refractivity contribution < 1.29 is 19.1 Å². The molecule has 1 aliphatic heterocycles. The Balaban J connectivity index is 1.43. The van der Waals surface area contributed by atoms with E-state index in [9.17, 15) is 9.59 Å². The van der Waals surface area contributed by atoms with Gasteiger partial charge in [-0.3, -0.25) is 4.79 Å². The molecule has 9 nitrogen and oxygen atoms in total. The van der Waals surface area contributed by atoms with Crippen LogP contribution in [0.3, 0.4) is 0 Å². The summed E-state index contributed by atoms with van der Waals surface area (Å²) in [7, 11) is 1.93. The number of Topliss-reactive ketones (excluding diaryl/α,β-unsaturated/α-hetero) is 1. The molecule has 0 radical (unpaired) electrons. The van der Waals surface area contributed by atoms with E-state index in [2.05, 4.69) is 12.2 Å². The van der Waals surface area contributed by atoms with Gasteiger partial charge in [0.15, 0.2) is 10.9 Å². The zero-order valence-corrected chi connectivity index (χ0v) is 22.5. The average molecular weight is 514 g/mol. The monoisotopic (exact) mass is 513 g/mol. The van der Waals surface area contributed by atoms with Gasteiger partial charge in [-0.25, -0.2) is 14.8 Å². The summed E-state index contributed by atoms with van der Waals surface area (Å²) in [5.74, 6) is 0.747. The molecule has 3 aromatic rings. The zero-order valence-electron chi connectivity index (χ0n) is 21.7. The molecule has 10 heteroatoms. The largest absolute Gasteiger partial charge is 0.444 e. The Hall–Kier alpha value is -2.98. The highest BCUT2D eigenvalue weighted by molar-refractivity contribution is 7.15. The van der Waals surface area contributed by atoms with Crippen LogP contribution in [0.1, 0.15) is 67.9 Å². The molecule has 4 rings (SSSR count). The Bertz CT molecular complexity index is 1240. The predicted molar refractivity (Wildman–Crippen MR) is 141 cm³/mol. The maximum Gasteiger partial charge on any atom is 0.410 e. The molecule has 1 amide bonds. The van der Waals surface area contributed by atoms with Gasteiger partial charge in [0.2, 0.25) is 5.95 Å². The Morgan fingerprint density at radius 3 is 2.75 bits per heavy atom. The van der Waals surface area contributed by atoms with Crippen LogP contribution < -0.4 is 5.32 Å². The summed E-state index contributed by atoms with van der Waals surface area (Å²) in [6, 6.07) is 5.64. The van der Waals surface area contributed by atoms with Gasteiger partial charge in [-0.05, 0) is 51.8 Å². The summed E-state index contributed by atoms with van der Waals surface area (Å²) in [6.45, 7) is 10.1. The summed E-state index contributed by atoms with van der Waals surface area (Å²) >= 11 is 1.52. The first-order valence-corrected chi connectivity index (χ1v) is 13.3. The van der Waals surface area contributed by atoms with E-state index >= 15 is 0 Å². The van der Waals surface area contributed by atoms with Crippen molar-refractivity contribution in [3.63, 3.8) is 0 Å². The van der Waals surface area contributed by atoms with Crippen LogP contribution in [-0.4, -0.2) is 56.7 Å². The predicted octanol–water partition coefficient (Wildman–Crippen LogP) is 5.46. The van der Waals surface area contributed by atoms with Crippen molar-refractivity contribution >= 4 is 45.3 Å². The zero-order chi connectivity index (χ0) is 25.9. The Morgan fingerprint density at radius 2 is 2.00 bits per heavy atom. The number of carbonyl (C=O) groups is 2. The number of ether oxygens (including phenoxy) is 2. The van der Waals surface area contributed by atoms with Crippen LogP contribution in [0.25, 0.3) is 11.0 Å². The smallest absolute Gasteiger partial charge is 0.410 e. The minimum Gasteiger partial charge on any atom is -0.444 e. The molecule has 0 fully saturated rings. The number of ketones is 1. The van der Waals surface area contributed by atoms with Crippen LogP contribution >= 0.6 is 11.3 Å². The summed E-state index contributed by atoms with van der Waals surface area (Å²) < 4.78 is 12.9. The molecule has 0 saturated carbocycles. The highest BCUT2D eigenvalue weighted by atomic mass is 32.1. The van der Waals surface area contributed by atoms with Crippen molar-refractivity contribution in [3.05, 3.63) is 34.3 Å². The summed E-state index contributed by atoms with van der Waals surface area (Å²) in [4.78, 5) is 37.3. The topological polar surface area (TPSA) is 98.6 Å². The molecule has 36 heavy (non-hydrogen) atoms. The number of rotatable bonds is 9. The highest BCUT2D eigenvalue weighted by Crippen LogP contribution is 2.31. The van der Waals surface area contributed by atoms with Gasteiger partial charge in [-0.1, -0.05) is 18.3 Å². The number of amides is 1. The molecule has 0 atom stereocenters. The third kappa shape index (κ3) is 6.22. The summed E-state index contributed by atoms with van der Waals surface area (Å²) in [6.07, 6.45) is 2.54. The van der Waals surface area contributed by atoms with Gasteiger partial charge < -0.3 is 24.3 Å². The van der Waals surface area contributed by atoms with Crippen LogP contribution in [-0.2, 0) is 29.5 Å². The second-order valence-electron chi connectivity index (χ2n) is 10.0. The third-order valence-corrected chi connectivity index (χ3v) is 6.84. The van der Waals surface area contributed by atoms with Crippen LogP contribution in [0.2, 0.25) is 0 Å². The van der Waals surface area contributed by atoms with Gasteiger partial charge in [-0.15, -0.1) is 0 Å². The molecule has 3 heterocycles. The second kappa shape index (κ2) is 11.0. The lowest BCUT2D eigenvalue weighted by Crippen LogP contribution is -2.39. The minimum atomic E-state index is -0.522. The Kier molecular flexibility index (Phi) is 7.94. The molecule has 0 saturated heterocycles. The molecular formula is C26H35N5O4S. The first kappa shape index (κ1) is 26.1. The quantitative estimate of drug-likeness (QED) is 0.300. The maximum atomic E-state index is 12.6. The molecule has 2 aromatic heterocycles. The number of nitrogens with one attached hydrogen (secondary N) is 1. The van der Waals surface area contributed by atoms with E-state index < -0.39 is 5.60 Å². The normalized spacial score (nSPS) is 13.6. The lowest BCUT2D eigenvalue weighted by atomic mass is 10.1. The first-order chi connectivity index (χ1) is 17.1. The Labute approximate surface area is 215 Å². The number of hydrogen-bond acceptors (Lipinski definition) is 8. The van der Waals surface area contributed by atoms with Gasteiger partial charge in [0.1, 0.15) is 5.60 Å². The molecule has 0 spiro atoms. The van der Waals surface area contributed by atoms with E-state index in [-0.39, 0.29) is 11.9 Å². The Morgan fingerprint density at radius 1 is 1.19 bits per heavy atom. The van der Waals surface area contributed by atoms with E-state index in [1.807, 2.05) is 50.6 Å². The third-order valence-electron chi connectivity index (χ3n) is 5.85. The number of carbonyl (C=O) groups excluding carboxylic acids is 2. The number of imidazole rings is 1.